The van der Waals surface area contributed by atoms with Gasteiger partial charge in [0.1, 0.15) is 11.5 Å². The number of benzene rings is 4. The van der Waals surface area contributed by atoms with Crippen LogP contribution >= 0.6 is 0 Å². The zero-order chi connectivity index (χ0) is 24.4. The summed E-state index contributed by atoms with van der Waals surface area (Å²) in [6.45, 7) is 0. The lowest BCUT2D eigenvalue weighted by Crippen LogP contribution is -2.23. The second kappa shape index (κ2) is 9.50. The van der Waals surface area contributed by atoms with E-state index in [1.807, 2.05) is 60.7 Å². The molecule has 0 aromatic heterocycles. The second-order valence-electron chi connectivity index (χ2n) is 8.91. The molecule has 4 aromatic rings. The van der Waals surface area contributed by atoms with Crippen molar-refractivity contribution in [3.05, 3.63) is 84.9 Å². The molecule has 178 valence electrons. The van der Waals surface area contributed by atoms with Crippen molar-refractivity contribution in [1.29, 1.82) is 0 Å². The molecule has 0 aliphatic carbocycles. The zero-order valence-electron chi connectivity index (χ0n) is 18.9. The molecule has 1 aliphatic heterocycles. The van der Waals surface area contributed by atoms with Gasteiger partial charge >= 0.3 is 11.9 Å². The Morgan fingerprint density at radius 2 is 1.03 bits per heavy atom. The van der Waals surface area contributed by atoms with Crippen LogP contribution in [0.15, 0.2) is 84.9 Å². The van der Waals surface area contributed by atoms with Crippen molar-refractivity contribution >= 4 is 43.3 Å². The summed E-state index contributed by atoms with van der Waals surface area (Å²) in [4.78, 5) is 25.5. The highest BCUT2D eigenvalue weighted by atomic mass is 32.2. The fourth-order valence-corrected chi connectivity index (χ4v) is 6.99. The summed E-state index contributed by atoms with van der Waals surface area (Å²) in [5.41, 5.74) is 0. The number of carbonyl (C=O) groups excluding carboxylic acids is 2. The molecule has 0 bridgehead atoms. The third-order valence-corrected chi connectivity index (χ3v) is 8.28. The van der Waals surface area contributed by atoms with Crippen molar-refractivity contribution in [2.75, 3.05) is 11.5 Å². The van der Waals surface area contributed by atoms with Crippen molar-refractivity contribution in [2.45, 2.75) is 12.8 Å². The number of carbonyl (C=O) groups is 2. The first kappa shape index (κ1) is 23.1. The molecule has 0 radical (unpaired) electrons. The van der Waals surface area contributed by atoms with Crippen LogP contribution in [0.25, 0.3) is 21.5 Å². The molecule has 1 fully saturated rings. The molecule has 1 aliphatic rings. The Hall–Kier alpha value is -3.71. The Kier molecular flexibility index (Phi) is 6.26. The summed E-state index contributed by atoms with van der Waals surface area (Å²) < 4.78 is 36.0. The number of ether oxygens (including phenoxy) is 2. The molecule has 0 amide bonds. The molecule has 5 rings (SSSR count). The summed E-state index contributed by atoms with van der Waals surface area (Å²) in [5.74, 6) is -1.49. The average molecular weight is 489 g/mol. The molecular weight excluding hydrogens is 464 g/mol. The van der Waals surface area contributed by atoms with Crippen LogP contribution in [0.5, 0.6) is 11.5 Å². The quantitative estimate of drug-likeness (QED) is 0.282. The predicted molar refractivity (Wildman–Crippen MR) is 134 cm³/mol. The fourth-order valence-electron chi connectivity index (χ4n) is 4.77. The Morgan fingerprint density at radius 3 is 1.49 bits per heavy atom. The van der Waals surface area contributed by atoms with Crippen molar-refractivity contribution in [2.24, 2.45) is 11.8 Å². The SMILES string of the molecule is O=C(CC1CS(=O)(=O)CC1CC(=O)Oc1cccc2ccccc12)Oc1cccc2ccccc12. The number of rotatable bonds is 6. The fraction of sp³-hybridized carbons (Fsp3) is 0.214. The maximum atomic E-state index is 12.8. The van der Waals surface area contributed by atoms with Gasteiger partial charge in [-0.3, -0.25) is 9.59 Å². The molecule has 0 saturated carbocycles. The molecule has 7 heteroatoms. The van der Waals surface area contributed by atoms with Gasteiger partial charge in [0.2, 0.25) is 0 Å². The van der Waals surface area contributed by atoms with Gasteiger partial charge in [0, 0.05) is 10.8 Å². The minimum atomic E-state index is -3.37. The number of hydrogen-bond acceptors (Lipinski definition) is 6. The summed E-state index contributed by atoms with van der Waals surface area (Å²) >= 11 is 0. The van der Waals surface area contributed by atoms with E-state index in [2.05, 4.69) is 0 Å². The smallest absolute Gasteiger partial charge is 0.311 e. The van der Waals surface area contributed by atoms with E-state index in [1.165, 1.54) is 0 Å². The van der Waals surface area contributed by atoms with Crippen molar-refractivity contribution in [3.8, 4) is 11.5 Å². The van der Waals surface area contributed by atoms with E-state index in [0.717, 1.165) is 21.5 Å². The van der Waals surface area contributed by atoms with Gasteiger partial charge in [-0.25, -0.2) is 8.42 Å². The summed E-state index contributed by atoms with van der Waals surface area (Å²) in [5, 5.41) is 3.49. The first-order valence-electron chi connectivity index (χ1n) is 11.5. The first-order valence-corrected chi connectivity index (χ1v) is 13.3. The van der Waals surface area contributed by atoms with Gasteiger partial charge in [-0.1, -0.05) is 72.8 Å². The molecule has 6 nitrogen and oxygen atoms in total. The van der Waals surface area contributed by atoms with Crippen LogP contribution in [0.4, 0.5) is 0 Å². The molecular formula is C28H24O6S. The van der Waals surface area contributed by atoms with Crippen LogP contribution in [0.3, 0.4) is 0 Å². The van der Waals surface area contributed by atoms with E-state index in [4.69, 9.17) is 9.47 Å². The van der Waals surface area contributed by atoms with Crippen LogP contribution < -0.4 is 9.47 Å². The van der Waals surface area contributed by atoms with Crippen LogP contribution in [0.1, 0.15) is 12.8 Å². The summed E-state index contributed by atoms with van der Waals surface area (Å²) in [6.07, 6.45) is -0.177. The van der Waals surface area contributed by atoms with Gasteiger partial charge in [-0.2, -0.15) is 0 Å². The van der Waals surface area contributed by atoms with Gasteiger partial charge in [0.15, 0.2) is 9.84 Å². The highest BCUT2D eigenvalue weighted by Crippen LogP contribution is 2.33. The minimum absolute atomic E-state index is 0.0886. The molecule has 1 saturated heterocycles. The average Bonchev–Trinajstić information content (AvgIpc) is 3.11. The predicted octanol–water partition coefficient (Wildman–Crippen LogP) is 4.95. The van der Waals surface area contributed by atoms with Crippen LogP contribution in [-0.2, 0) is 19.4 Å². The van der Waals surface area contributed by atoms with Crippen molar-refractivity contribution in [3.63, 3.8) is 0 Å². The van der Waals surface area contributed by atoms with E-state index in [-0.39, 0.29) is 24.3 Å². The molecule has 0 spiro atoms. The highest BCUT2D eigenvalue weighted by molar-refractivity contribution is 7.91. The molecule has 0 N–H and O–H groups in total. The van der Waals surface area contributed by atoms with Gasteiger partial charge in [-0.15, -0.1) is 0 Å². The lowest BCUT2D eigenvalue weighted by molar-refractivity contribution is -0.138. The lowest BCUT2D eigenvalue weighted by Gasteiger charge is -2.17. The maximum absolute atomic E-state index is 12.8. The standard InChI is InChI=1S/C28H24O6S/c29-27(33-25-13-5-9-19-7-1-3-11-23(19)25)15-21-17-35(31,32)18-22(21)16-28(30)34-26-14-6-10-20-8-2-4-12-24(20)26/h1-14,21-22H,15-18H2. The number of hydrogen-bond donors (Lipinski definition) is 0. The normalized spacial score (nSPS) is 19.0. The van der Waals surface area contributed by atoms with Crippen molar-refractivity contribution < 1.29 is 27.5 Å². The third-order valence-electron chi connectivity index (χ3n) is 6.41. The van der Waals surface area contributed by atoms with Crippen LogP contribution in [0, 0.1) is 11.8 Å². The highest BCUT2D eigenvalue weighted by Gasteiger charge is 2.40. The largest absolute Gasteiger partial charge is 0.426 e. The van der Waals surface area contributed by atoms with E-state index in [9.17, 15) is 18.0 Å². The third kappa shape index (κ3) is 5.20. The number of esters is 2. The number of fused-ring (bicyclic) bond motifs is 2. The van der Waals surface area contributed by atoms with Gasteiger partial charge < -0.3 is 9.47 Å². The Labute approximate surface area is 203 Å². The van der Waals surface area contributed by atoms with Gasteiger partial charge in [0.05, 0.1) is 24.3 Å². The summed E-state index contributed by atoms with van der Waals surface area (Å²) in [6, 6.07) is 26.0. The molecule has 4 aromatic carbocycles. The topological polar surface area (TPSA) is 86.7 Å². The molecule has 35 heavy (non-hydrogen) atoms. The monoisotopic (exact) mass is 488 g/mol. The molecule has 1 heterocycles. The molecule has 2 atom stereocenters. The number of sulfone groups is 1. The van der Waals surface area contributed by atoms with E-state index in [0.29, 0.717) is 11.5 Å². The molecule has 2 unspecified atom stereocenters. The van der Waals surface area contributed by atoms with Crippen molar-refractivity contribution in [1.82, 2.24) is 0 Å². The minimum Gasteiger partial charge on any atom is -0.426 e. The Balaban J connectivity index is 1.28. The zero-order valence-corrected chi connectivity index (χ0v) is 19.7. The second-order valence-corrected chi connectivity index (χ2v) is 11.1. The van der Waals surface area contributed by atoms with E-state index < -0.39 is 33.6 Å². The van der Waals surface area contributed by atoms with Crippen LogP contribution in [0.2, 0.25) is 0 Å². The first-order chi connectivity index (χ1) is 16.9. The Bertz CT molecular complexity index is 1410. The maximum Gasteiger partial charge on any atom is 0.311 e. The van der Waals surface area contributed by atoms with Gasteiger partial charge in [0.25, 0.3) is 0 Å². The lowest BCUT2D eigenvalue weighted by atomic mass is 9.90. The Morgan fingerprint density at radius 1 is 0.629 bits per heavy atom. The van der Waals surface area contributed by atoms with Gasteiger partial charge in [-0.05, 0) is 34.7 Å². The van der Waals surface area contributed by atoms with Crippen LogP contribution in [-0.4, -0.2) is 31.9 Å². The van der Waals surface area contributed by atoms with E-state index >= 15 is 0 Å². The van der Waals surface area contributed by atoms with E-state index in [1.54, 1.807) is 24.3 Å². The summed E-state index contributed by atoms with van der Waals surface area (Å²) in [7, 11) is -3.37.